The normalized spacial score (nSPS) is 15.0. The molecule has 6 rings (SSSR count). The van der Waals surface area contributed by atoms with Crippen LogP contribution in [0.3, 0.4) is 0 Å². The molecule has 0 unspecified atom stereocenters. The lowest BCUT2D eigenvalue weighted by Crippen LogP contribution is -1.99. The van der Waals surface area contributed by atoms with E-state index in [2.05, 4.69) is 139 Å². The fourth-order valence-corrected chi connectivity index (χ4v) is 8.45. The van der Waals surface area contributed by atoms with Crippen LogP contribution in [0.15, 0.2) is 146 Å². The van der Waals surface area contributed by atoms with Gasteiger partial charge in [0, 0.05) is 26.5 Å². The molecule has 0 amide bonds. The van der Waals surface area contributed by atoms with Gasteiger partial charge in [-0.15, -0.1) is 10.0 Å². The fourth-order valence-electron chi connectivity index (χ4n) is 5.24. The molecule has 1 aliphatic rings. The highest BCUT2D eigenvalue weighted by Crippen LogP contribution is 2.75. The van der Waals surface area contributed by atoms with Gasteiger partial charge in [0.1, 0.15) is 5.75 Å². The summed E-state index contributed by atoms with van der Waals surface area (Å²) in [4.78, 5) is 2.55. The highest BCUT2D eigenvalue weighted by atomic mass is 32.3. The minimum Gasteiger partial charge on any atom is -0.508 e. The maximum Gasteiger partial charge on any atom is 0.115 e. The molecule has 0 radical (unpaired) electrons. The number of aromatic hydroxyl groups is 1. The summed E-state index contributed by atoms with van der Waals surface area (Å²) in [7, 11) is -1.86. The molecule has 1 aliphatic heterocycles. The largest absolute Gasteiger partial charge is 0.508 e. The molecule has 0 fully saturated rings. The van der Waals surface area contributed by atoms with Crippen molar-refractivity contribution in [1.82, 2.24) is 0 Å². The fraction of sp³-hybridized carbons (Fsp3) is 0.0270. The molecular formula is C37H28OS. The second-order valence-electron chi connectivity index (χ2n) is 9.56. The second kappa shape index (κ2) is 10.6. The van der Waals surface area contributed by atoms with Gasteiger partial charge in [-0.25, -0.2) is 0 Å². The Morgan fingerprint density at radius 3 is 1.21 bits per heavy atom. The predicted molar refractivity (Wildman–Crippen MR) is 168 cm³/mol. The van der Waals surface area contributed by atoms with Crippen molar-refractivity contribution in [3.05, 3.63) is 173 Å². The van der Waals surface area contributed by atoms with E-state index >= 15 is 0 Å². The number of phenolic OH excluding ortho intramolecular Hbond substituents is 1. The topological polar surface area (TPSA) is 20.2 Å². The van der Waals surface area contributed by atoms with Crippen LogP contribution in [0.1, 0.15) is 27.8 Å². The van der Waals surface area contributed by atoms with Gasteiger partial charge in [-0.05, 0) is 58.0 Å². The zero-order chi connectivity index (χ0) is 26.7. The summed E-state index contributed by atoms with van der Waals surface area (Å²) < 4.78 is 0. The van der Waals surface area contributed by atoms with Gasteiger partial charge in [0.05, 0.1) is 0 Å². The second-order valence-corrected chi connectivity index (χ2v) is 12.4. The summed E-state index contributed by atoms with van der Waals surface area (Å²) in [6, 6.07) is 50.0. The lowest BCUT2D eigenvalue weighted by Gasteiger charge is -2.33. The lowest BCUT2D eigenvalue weighted by molar-refractivity contribution is 0.475. The van der Waals surface area contributed by atoms with E-state index in [0.717, 1.165) is 5.56 Å². The maximum absolute atomic E-state index is 9.83. The lowest BCUT2D eigenvalue weighted by atomic mass is 9.89. The summed E-state index contributed by atoms with van der Waals surface area (Å²) in [5.41, 5.74) is 8.11. The van der Waals surface area contributed by atoms with Crippen LogP contribution in [0, 0.1) is 11.2 Å². The predicted octanol–water partition coefficient (Wildman–Crippen LogP) is 9.29. The average molecular weight is 521 g/mol. The van der Waals surface area contributed by atoms with Gasteiger partial charge < -0.3 is 5.11 Å². The smallest absolute Gasteiger partial charge is 0.115 e. The standard InChI is InChI=1S/C37H28OS/c1-39(27-26-28-22-24-33(38)25-23-28)36(31-18-10-4-11-19-31)34(29-14-6-2-7-15-29)35(30-16-8-3-9-17-30)37(39)32-20-12-5-13-21-32/h2-25,38H,1H3. The zero-order valence-electron chi connectivity index (χ0n) is 21.7. The molecule has 0 atom stereocenters. The van der Waals surface area contributed by atoms with Gasteiger partial charge in [-0.2, -0.15) is 0 Å². The molecule has 39 heavy (non-hydrogen) atoms. The summed E-state index contributed by atoms with van der Waals surface area (Å²) in [6.07, 6.45) is 2.34. The van der Waals surface area contributed by atoms with Gasteiger partial charge in [0.15, 0.2) is 0 Å². The van der Waals surface area contributed by atoms with Crippen LogP contribution in [0.25, 0.3) is 21.0 Å². The van der Waals surface area contributed by atoms with Crippen LogP contribution < -0.4 is 0 Å². The summed E-state index contributed by atoms with van der Waals surface area (Å²) in [5.74, 6) is 3.75. The molecule has 1 heterocycles. The van der Waals surface area contributed by atoms with Gasteiger partial charge in [0.2, 0.25) is 0 Å². The van der Waals surface area contributed by atoms with Crippen LogP contribution in [-0.2, 0) is 0 Å². The minimum absolute atomic E-state index is 0.243. The van der Waals surface area contributed by atoms with Crippen molar-refractivity contribution >= 4 is 31.0 Å². The Labute approximate surface area is 232 Å². The van der Waals surface area contributed by atoms with Crippen LogP contribution in [-0.4, -0.2) is 11.4 Å². The first-order chi connectivity index (χ1) is 19.1. The van der Waals surface area contributed by atoms with E-state index in [1.807, 2.05) is 12.1 Å². The van der Waals surface area contributed by atoms with Gasteiger partial charge >= 0.3 is 0 Å². The van der Waals surface area contributed by atoms with Crippen molar-refractivity contribution in [1.29, 1.82) is 0 Å². The molecule has 0 aliphatic carbocycles. The third kappa shape index (κ3) is 4.70. The number of phenols is 1. The number of rotatable bonds is 4. The Morgan fingerprint density at radius 1 is 0.462 bits per heavy atom. The van der Waals surface area contributed by atoms with Crippen LogP contribution >= 0.6 is 10.0 Å². The van der Waals surface area contributed by atoms with Crippen molar-refractivity contribution < 1.29 is 5.11 Å². The molecule has 0 saturated heterocycles. The highest BCUT2D eigenvalue weighted by Gasteiger charge is 2.41. The van der Waals surface area contributed by atoms with E-state index < -0.39 is 10.0 Å². The maximum atomic E-state index is 9.83. The zero-order valence-corrected chi connectivity index (χ0v) is 22.5. The van der Waals surface area contributed by atoms with Crippen LogP contribution in [0.5, 0.6) is 5.75 Å². The molecule has 0 aromatic heterocycles. The first kappa shape index (κ1) is 24.6. The molecule has 0 spiro atoms. The Balaban J connectivity index is 1.75. The first-order valence-electron chi connectivity index (χ1n) is 13.0. The van der Waals surface area contributed by atoms with E-state index in [4.69, 9.17) is 0 Å². The quantitative estimate of drug-likeness (QED) is 0.234. The number of benzene rings is 5. The van der Waals surface area contributed by atoms with E-state index in [1.165, 1.54) is 43.2 Å². The van der Waals surface area contributed by atoms with E-state index in [1.54, 1.807) is 12.1 Å². The third-order valence-electron chi connectivity index (χ3n) is 6.98. The molecule has 2 heteroatoms. The van der Waals surface area contributed by atoms with Gasteiger partial charge in [-0.3, -0.25) is 0 Å². The summed E-state index contributed by atoms with van der Waals surface area (Å²) >= 11 is 0. The monoisotopic (exact) mass is 520 g/mol. The Bertz CT molecular complexity index is 1620. The Kier molecular flexibility index (Phi) is 6.68. The summed E-state index contributed by atoms with van der Waals surface area (Å²) in [6.45, 7) is 0. The van der Waals surface area contributed by atoms with Crippen molar-refractivity contribution in [2.24, 2.45) is 0 Å². The molecule has 5 aromatic rings. The first-order valence-corrected chi connectivity index (χ1v) is 15.0. The van der Waals surface area contributed by atoms with Crippen molar-refractivity contribution in [3.63, 3.8) is 0 Å². The molecule has 188 valence electrons. The summed E-state index contributed by atoms with van der Waals surface area (Å²) in [5, 5.41) is 13.7. The van der Waals surface area contributed by atoms with Gasteiger partial charge in [0.25, 0.3) is 0 Å². The molecule has 0 saturated carbocycles. The van der Waals surface area contributed by atoms with E-state index in [0.29, 0.717) is 0 Å². The minimum atomic E-state index is -1.86. The molecular weight excluding hydrogens is 492 g/mol. The highest BCUT2D eigenvalue weighted by molar-refractivity contribution is 8.51. The average Bonchev–Trinajstić information content (AvgIpc) is 3.28. The van der Waals surface area contributed by atoms with E-state index in [-0.39, 0.29) is 5.75 Å². The molecule has 1 nitrogen and oxygen atoms in total. The Morgan fingerprint density at radius 2 is 0.821 bits per heavy atom. The van der Waals surface area contributed by atoms with Crippen molar-refractivity contribution in [2.45, 2.75) is 0 Å². The molecule has 1 N–H and O–H groups in total. The number of allylic oxidation sites excluding steroid dienone is 2. The number of hydrogen-bond acceptors (Lipinski definition) is 1. The molecule has 5 aromatic carbocycles. The van der Waals surface area contributed by atoms with E-state index in [9.17, 15) is 5.11 Å². The van der Waals surface area contributed by atoms with Crippen LogP contribution in [0.2, 0.25) is 0 Å². The van der Waals surface area contributed by atoms with Gasteiger partial charge in [-0.1, -0.05) is 127 Å². The van der Waals surface area contributed by atoms with Crippen molar-refractivity contribution in [3.8, 4) is 16.9 Å². The van der Waals surface area contributed by atoms with Crippen LogP contribution in [0.4, 0.5) is 0 Å². The molecule has 0 bridgehead atoms. The SMILES string of the molecule is CS1(C#Cc2ccc(O)cc2)C(c2ccccc2)=C(c2ccccc2)C(c2ccccc2)=C1c1ccccc1. The van der Waals surface area contributed by atoms with Crippen molar-refractivity contribution in [2.75, 3.05) is 6.26 Å². The Hall–Kier alpha value is -4.71. The number of hydrogen-bond donors (Lipinski definition) is 1. The third-order valence-corrected chi connectivity index (χ3v) is 10.0.